The van der Waals surface area contributed by atoms with E-state index in [4.69, 9.17) is 15.8 Å². The molecule has 0 aliphatic rings. The molecule has 3 rings (SSSR count). The normalized spacial score (nSPS) is 11.5. The Labute approximate surface area is 169 Å². The molecule has 0 heterocycles. The fourth-order valence-corrected chi connectivity index (χ4v) is 3.45. The molecular formula is C22H17ClO4S. The molecule has 28 heavy (non-hydrogen) atoms. The minimum Gasteiger partial charge on any atom is -0.379 e. The van der Waals surface area contributed by atoms with Crippen molar-refractivity contribution in [2.24, 2.45) is 0 Å². The molecule has 0 aliphatic heterocycles. The Bertz CT molecular complexity index is 1100. The minimum atomic E-state index is -3.89. The molecular weight excluding hydrogens is 396 g/mol. The van der Waals surface area contributed by atoms with Gasteiger partial charge in [0.25, 0.3) is 0 Å². The van der Waals surface area contributed by atoms with Crippen molar-refractivity contribution >= 4 is 33.6 Å². The van der Waals surface area contributed by atoms with E-state index in [-0.39, 0.29) is 16.4 Å². The minimum absolute atomic E-state index is 0.0932. The molecule has 3 aromatic rings. The fourth-order valence-electron chi connectivity index (χ4n) is 2.40. The highest BCUT2D eigenvalue weighted by Gasteiger charge is 2.16. The molecule has 4 nitrogen and oxygen atoms in total. The maximum atomic E-state index is 12.3. The van der Waals surface area contributed by atoms with Crippen molar-refractivity contribution in [2.75, 3.05) is 0 Å². The zero-order valence-corrected chi connectivity index (χ0v) is 16.6. The number of aryl methyl sites for hydroxylation is 1. The highest BCUT2D eigenvalue weighted by atomic mass is 35.5. The molecule has 0 unspecified atom stereocenters. The first-order valence-electron chi connectivity index (χ1n) is 8.43. The van der Waals surface area contributed by atoms with E-state index in [1.807, 2.05) is 6.92 Å². The van der Waals surface area contributed by atoms with Gasteiger partial charge in [-0.2, -0.15) is 8.42 Å². The van der Waals surface area contributed by atoms with Crippen LogP contribution in [0.4, 0.5) is 0 Å². The van der Waals surface area contributed by atoms with Gasteiger partial charge in [-0.3, -0.25) is 4.79 Å². The molecule has 0 radical (unpaired) electrons. The predicted octanol–water partition coefficient (Wildman–Crippen LogP) is 5.31. The van der Waals surface area contributed by atoms with Crippen LogP contribution in [0.3, 0.4) is 0 Å². The van der Waals surface area contributed by atoms with Gasteiger partial charge in [0.05, 0.1) is 0 Å². The van der Waals surface area contributed by atoms with Gasteiger partial charge in [-0.05, 0) is 67.1 Å². The van der Waals surface area contributed by atoms with Gasteiger partial charge in [0, 0.05) is 10.6 Å². The van der Waals surface area contributed by atoms with Crippen LogP contribution < -0.4 is 4.18 Å². The van der Waals surface area contributed by atoms with Crippen LogP contribution in [0.1, 0.15) is 21.5 Å². The van der Waals surface area contributed by atoms with Gasteiger partial charge in [-0.15, -0.1) is 0 Å². The standard InChI is InChI=1S/C22H17ClO4S/c1-16-2-13-21(14-3-16)28(25,26)27-20-11-4-17(5-12-20)6-15-22(24)18-7-9-19(23)10-8-18/h2-15H,1H3/b15-6+. The summed E-state index contributed by atoms with van der Waals surface area (Å²) in [6.07, 6.45) is 3.09. The van der Waals surface area contributed by atoms with Gasteiger partial charge in [-0.1, -0.05) is 47.5 Å². The lowest BCUT2D eigenvalue weighted by Crippen LogP contribution is -2.09. The second-order valence-electron chi connectivity index (χ2n) is 6.12. The van der Waals surface area contributed by atoms with Crippen molar-refractivity contribution in [1.82, 2.24) is 0 Å². The van der Waals surface area contributed by atoms with Crippen molar-refractivity contribution < 1.29 is 17.4 Å². The monoisotopic (exact) mass is 412 g/mol. The van der Waals surface area contributed by atoms with Crippen LogP contribution in [-0.4, -0.2) is 14.2 Å². The summed E-state index contributed by atoms with van der Waals surface area (Å²) >= 11 is 5.81. The van der Waals surface area contributed by atoms with E-state index >= 15 is 0 Å². The van der Waals surface area contributed by atoms with E-state index in [1.165, 1.54) is 30.3 Å². The number of carbonyl (C=O) groups excluding carboxylic acids is 1. The summed E-state index contributed by atoms with van der Waals surface area (Å²) in [5, 5.41) is 0.566. The molecule has 142 valence electrons. The lowest BCUT2D eigenvalue weighted by Gasteiger charge is -2.07. The summed E-state index contributed by atoms with van der Waals surface area (Å²) in [6, 6.07) is 19.5. The molecule has 0 N–H and O–H groups in total. The predicted molar refractivity (Wildman–Crippen MR) is 110 cm³/mol. The maximum absolute atomic E-state index is 12.3. The van der Waals surface area contributed by atoms with E-state index in [2.05, 4.69) is 0 Å². The van der Waals surface area contributed by atoms with Crippen molar-refractivity contribution in [3.63, 3.8) is 0 Å². The Morgan fingerprint density at radius 1 is 0.893 bits per heavy atom. The molecule has 0 saturated carbocycles. The third-order valence-electron chi connectivity index (χ3n) is 3.95. The van der Waals surface area contributed by atoms with Gasteiger partial charge < -0.3 is 4.18 Å². The number of hydrogen-bond donors (Lipinski definition) is 0. The summed E-state index contributed by atoms with van der Waals surface area (Å²) in [7, 11) is -3.89. The van der Waals surface area contributed by atoms with E-state index in [1.54, 1.807) is 54.6 Å². The molecule has 3 aromatic carbocycles. The van der Waals surface area contributed by atoms with E-state index in [0.717, 1.165) is 11.1 Å². The molecule has 0 amide bonds. The smallest absolute Gasteiger partial charge is 0.339 e. The Morgan fingerprint density at radius 2 is 1.50 bits per heavy atom. The second kappa shape index (κ2) is 8.42. The summed E-state index contributed by atoms with van der Waals surface area (Å²) in [4.78, 5) is 12.2. The first-order chi connectivity index (χ1) is 13.3. The van der Waals surface area contributed by atoms with Crippen molar-refractivity contribution in [1.29, 1.82) is 0 Å². The molecule has 0 saturated heterocycles. The average molecular weight is 413 g/mol. The molecule has 6 heteroatoms. The number of rotatable bonds is 6. The quantitative estimate of drug-likeness (QED) is 0.312. The molecule has 0 bridgehead atoms. The first kappa shape index (κ1) is 19.9. The van der Waals surface area contributed by atoms with E-state index < -0.39 is 10.1 Å². The maximum Gasteiger partial charge on any atom is 0.339 e. The Kier molecular flexibility index (Phi) is 5.97. The number of carbonyl (C=O) groups is 1. The number of allylic oxidation sites excluding steroid dienone is 1. The molecule has 0 atom stereocenters. The zero-order valence-electron chi connectivity index (χ0n) is 15.0. The number of benzene rings is 3. The summed E-state index contributed by atoms with van der Waals surface area (Å²) < 4.78 is 29.8. The third kappa shape index (κ3) is 5.09. The summed E-state index contributed by atoms with van der Waals surface area (Å²) in [5.41, 5.74) is 2.23. The van der Waals surface area contributed by atoms with Crippen molar-refractivity contribution in [3.05, 3.63) is 101 Å². The van der Waals surface area contributed by atoms with Crippen LogP contribution >= 0.6 is 11.6 Å². The van der Waals surface area contributed by atoms with Gasteiger partial charge in [0.15, 0.2) is 5.78 Å². The largest absolute Gasteiger partial charge is 0.379 e. The lowest BCUT2D eigenvalue weighted by atomic mass is 10.1. The highest BCUT2D eigenvalue weighted by molar-refractivity contribution is 7.87. The SMILES string of the molecule is Cc1ccc(S(=O)(=O)Oc2ccc(/C=C/C(=O)c3ccc(Cl)cc3)cc2)cc1. The number of hydrogen-bond acceptors (Lipinski definition) is 4. The molecule has 0 fully saturated rings. The molecule has 0 aromatic heterocycles. The van der Waals surface area contributed by atoms with Crippen molar-refractivity contribution in [2.45, 2.75) is 11.8 Å². The van der Waals surface area contributed by atoms with Crippen LogP contribution in [0, 0.1) is 6.92 Å². The highest BCUT2D eigenvalue weighted by Crippen LogP contribution is 2.20. The van der Waals surface area contributed by atoms with Crippen LogP contribution in [-0.2, 0) is 10.1 Å². The zero-order chi connectivity index (χ0) is 20.1. The Hall–Kier alpha value is -2.89. The third-order valence-corrected chi connectivity index (χ3v) is 5.46. The summed E-state index contributed by atoms with van der Waals surface area (Å²) in [6.45, 7) is 1.88. The molecule has 0 spiro atoms. The average Bonchev–Trinajstić information content (AvgIpc) is 2.68. The van der Waals surface area contributed by atoms with Crippen LogP contribution in [0.15, 0.2) is 83.8 Å². The Morgan fingerprint density at radius 3 is 2.11 bits per heavy atom. The lowest BCUT2D eigenvalue weighted by molar-refractivity contribution is 0.104. The van der Waals surface area contributed by atoms with Gasteiger partial charge in [0.2, 0.25) is 0 Å². The van der Waals surface area contributed by atoms with Crippen molar-refractivity contribution in [3.8, 4) is 5.75 Å². The topological polar surface area (TPSA) is 60.4 Å². The van der Waals surface area contributed by atoms with Crippen LogP contribution in [0.2, 0.25) is 5.02 Å². The van der Waals surface area contributed by atoms with Crippen LogP contribution in [0.25, 0.3) is 6.08 Å². The van der Waals surface area contributed by atoms with Crippen LogP contribution in [0.5, 0.6) is 5.75 Å². The van der Waals surface area contributed by atoms with E-state index in [0.29, 0.717) is 10.6 Å². The number of ketones is 1. The fraction of sp³-hybridized carbons (Fsp3) is 0.0455. The van der Waals surface area contributed by atoms with Gasteiger partial charge in [-0.25, -0.2) is 0 Å². The molecule has 0 aliphatic carbocycles. The first-order valence-corrected chi connectivity index (χ1v) is 10.2. The second-order valence-corrected chi connectivity index (χ2v) is 8.11. The van der Waals surface area contributed by atoms with Gasteiger partial charge >= 0.3 is 10.1 Å². The number of halogens is 1. The van der Waals surface area contributed by atoms with E-state index in [9.17, 15) is 13.2 Å². The summed E-state index contributed by atoms with van der Waals surface area (Å²) in [5.74, 6) is 0.0423. The Balaban J connectivity index is 1.68. The van der Waals surface area contributed by atoms with Gasteiger partial charge in [0.1, 0.15) is 10.6 Å².